The van der Waals surface area contributed by atoms with E-state index >= 15 is 0 Å². The number of ether oxygens (including phenoxy) is 1. The molecule has 0 saturated heterocycles. The van der Waals surface area contributed by atoms with E-state index in [1.54, 1.807) is 6.92 Å². The molecule has 0 saturated carbocycles. The molecule has 3 nitrogen and oxygen atoms in total. The monoisotopic (exact) mass is 226 g/mol. The molecule has 0 radical (unpaired) electrons. The van der Waals surface area contributed by atoms with Crippen LogP contribution in [0.5, 0.6) is 0 Å². The van der Waals surface area contributed by atoms with Crippen molar-refractivity contribution >= 4 is 35.0 Å². The molecule has 0 spiro atoms. The maximum absolute atomic E-state index is 10.9. The van der Waals surface area contributed by atoms with Crippen LogP contribution in [0.1, 0.15) is 26.7 Å². The zero-order valence-electron chi connectivity index (χ0n) is 7.60. The highest BCUT2D eigenvalue weighted by Gasteiger charge is 2.29. The minimum atomic E-state index is -1.34. The summed E-state index contributed by atoms with van der Waals surface area (Å²) in [6.07, 6.45) is -0.210. The number of carbonyl (C=O) groups is 2. The van der Waals surface area contributed by atoms with Crippen molar-refractivity contribution in [3.63, 3.8) is 0 Å². The van der Waals surface area contributed by atoms with E-state index in [0.717, 1.165) is 0 Å². The van der Waals surface area contributed by atoms with Crippen LogP contribution in [0.15, 0.2) is 0 Å². The van der Waals surface area contributed by atoms with Gasteiger partial charge in [0, 0.05) is 6.42 Å². The highest BCUT2D eigenvalue weighted by molar-refractivity contribution is 6.50. The van der Waals surface area contributed by atoms with Crippen molar-refractivity contribution < 1.29 is 14.3 Å². The van der Waals surface area contributed by atoms with E-state index < -0.39 is 10.3 Å². The zero-order valence-corrected chi connectivity index (χ0v) is 9.11. The second-order valence-corrected chi connectivity index (χ2v) is 4.36. The summed E-state index contributed by atoms with van der Waals surface area (Å²) in [7, 11) is 0. The molecule has 0 aliphatic carbocycles. The van der Waals surface area contributed by atoms with Crippen LogP contribution in [0, 0.1) is 0 Å². The average molecular weight is 227 g/mol. The molecule has 0 atom stereocenters. The number of Topliss-reactive ketones (excluding diaryl/α,β-unsaturated/α-hetero) is 1. The molecule has 0 aromatic rings. The average Bonchev–Trinajstić information content (AvgIpc) is 1.81. The predicted molar refractivity (Wildman–Crippen MR) is 51.0 cm³/mol. The van der Waals surface area contributed by atoms with E-state index in [9.17, 15) is 9.59 Å². The summed E-state index contributed by atoms with van der Waals surface area (Å²) < 4.78 is 3.30. The van der Waals surface area contributed by atoms with Gasteiger partial charge in [-0.1, -0.05) is 0 Å². The molecule has 0 aromatic carbocycles. The van der Waals surface area contributed by atoms with Crippen LogP contribution >= 0.6 is 23.2 Å². The predicted octanol–water partition coefficient (Wildman–Crippen LogP) is 2.09. The Hall–Kier alpha value is -0.280. The third-order valence-corrected chi connectivity index (χ3v) is 1.75. The van der Waals surface area contributed by atoms with E-state index in [4.69, 9.17) is 23.2 Å². The molecule has 0 rings (SSSR count). The second-order valence-electron chi connectivity index (χ2n) is 2.72. The van der Waals surface area contributed by atoms with Gasteiger partial charge in [-0.05, 0) is 13.8 Å². The van der Waals surface area contributed by atoms with Crippen molar-refractivity contribution in [1.82, 2.24) is 0 Å². The lowest BCUT2D eigenvalue weighted by Gasteiger charge is -2.16. The lowest BCUT2D eigenvalue weighted by atomic mass is 10.2. The fraction of sp³-hybridized carbons (Fsp3) is 0.750. The normalized spacial score (nSPS) is 11.1. The topological polar surface area (TPSA) is 43.4 Å². The fourth-order valence-electron chi connectivity index (χ4n) is 0.850. The molecular weight excluding hydrogens is 215 g/mol. The molecule has 0 amide bonds. The van der Waals surface area contributed by atoms with Gasteiger partial charge in [-0.3, -0.25) is 9.59 Å². The Morgan fingerprint density at radius 2 is 1.85 bits per heavy atom. The molecule has 0 aliphatic rings. The van der Waals surface area contributed by atoms with Gasteiger partial charge in [-0.15, -0.1) is 23.2 Å². The first kappa shape index (κ1) is 12.7. The number of esters is 1. The van der Waals surface area contributed by atoms with Crippen LogP contribution < -0.4 is 0 Å². The first-order valence-corrected chi connectivity index (χ1v) is 4.66. The first-order chi connectivity index (χ1) is 5.87. The molecule has 0 fully saturated rings. The number of halogens is 2. The minimum absolute atomic E-state index is 0.0467. The molecule has 0 aromatic heterocycles. The van der Waals surface area contributed by atoms with Gasteiger partial charge in [0.05, 0.1) is 13.0 Å². The maximum Gasteiger partial charge on any atom is 0.308 e. The quantitative estimate of drug-likeness (QED) is 0.533. The van der Waals surface area contributed by atoms with E-state index in [1.807, 2.05) is 0 Å². The van der Waals surface area contributed by atoms with Crippen molar-refractivity contribution in [3.05, 3.63) is 0 Å². The van der Waals surface area contributed by atoms with Crippen LogP contribution in [-0.4, -0.2) is 22.7 Å². The summed E-state index contributed by atoms with van der Waals surface area (Å²) in [5.74, 6) is -0.650. The van der Waals surface area contributed by atoms with E-state index in [1.165, 1.54) is 6.92 Å². The van der Waals surface area contributed by atoms with Crippen LogP contribution in [-0.2, 0) is 14.3 Å². The highest BCUT2D eigenvalue weighted by atomic mass is 35.5. The standard InChI is InChI=1S/C8H12Cl2O3/c1-3-13-7(12)5-8(9,10)4-6(2)11/h3-5H2,1-2H3. The van der Waals surface area contributed by atoms with E-state index in [-0.39, 0.29) is 25.2 Å². The number of hydrogen-bond acceptors (Lipinski definition) is 3. The summed E-state index contributed by atoms with van der Waals surface area (Å²) in [6, 6.07) is 0. The Morgan fingerprint density at radius 1 is 1.31 bits per heavy atom. The summed E-state index contributed by atoms with van der Waals surface area (Å²) >= 11 is 11.4. The molecule has 0 N–H and O–H groups in total. The fourth-order valence-corrected chi connectivity index (χ4v) is 1.44. The molecule has 76 valence electrons. The largest absolute Gasteiger partial charge is 0.466 e. The molecule has 13 heavy (non-hydrogen) atoms. The number of alkyl halides is 2. The Balaban J connectivity index is 4.00. The van der Waals surface area contributed by atoms with Crippen molar-refractivity contribution in [3.8, 4) is 0 Å². The summed E-state index contributed by atoms with van der Waals surface area (Å²) in [5, 5.41) is 0. The van der Waals surface area contributed by atoms with Crippen LogP contribution in [0.25, 0.3) is 0 Å². The van der Waals surface area contributed by atoms with Crippen LogP contribution in [0.4, 0.5) is 0 Å². The number of rotatable bonds is 5. The summed E-state index contributed by atoms with van der Waals surface area (Å²) in [4.78, 5) is 21.6. The molecule has 0 bridgehead atoms. The molecule has 0 aliphatic heterocycles. The summed E-state index contributed by atoms with van der Waals surface area (Å²) in [6.45, 7) is 3.33. The van der Waals surface area contributed by atoms with Gasteiger partial charge in [0.2, 0.25) is 0 Å². The van der Waals surface area contributed by atoms with Crippen molar-refractivity contribution in [2.75, 3.05) is 6.61 Å². The van der Waals surface area contributed by atoms with Crippen LogP contribution in [0.2, 0.25) is 0 Å². The highest BCUT2D eigenvalue weighted by Crippen LogP contribution is 2.29. The minimum Gasteiger partial charge on any atom is -0.466 e. The second kappa shape index (κ2) is 5.45. The van der Waals surface area contributed by atoms with E-state index in [0.29, 0.717) is 0 Å². The van der Waals surface area contributed by atoms with Gasteiger partial charge in [-0.25, -0.2) is 0 Å². The van der Waals surface area contributed by atoms with Gasteiger partial charge in [0.1, 0.15) is 10.1 Å². The van der Waals surface area contributed by atoms with Crippen molar-refractivity contribution in [2.24, 2.45) is 0 Å². The van der Waals surface area contributed by atoms with Gasteiger partial charge in [0.25, 0.3) is 0 Å². The SMILES string of the molecule is CCOC(=O)CC(Cl)(Cl)CC(C)=O. The lowest BCUT2D eigenvalue weighted by Crippen LogP contribution is -2.22. The van der Waals surface area contributed by atoms with Gasteiger partial charge in [0.15, 0.2) is 0 Å². The molecule has 5 heteroatoms. The zero-order chi connectivity index (χ0) is 10.5. The lowest BCUT2D eigenvalue weighted by molar-refractivity contribution is -0.143. The maximum atomic E-state index is 10.9. The van der Waals surface area contributed by atoms with Gasteiger partial charge >= 0.3 is 5.97 Å². The Morgan fingerprint density at radius 3 is 2.23 bits per heavy atom. The third kappa shape index (κ3) is 6.84. The number of hydrogen-bond donors (Lipinski definition) is 0. The van der Waals surface area contributed by atoms with E-state index in [2.05, 4.69) is 4.74 Å². The Kier molecular flexibility index (Phi) is 5.33. The number of carbonyl (C=O) groups excluding carboxylic acids is 2. The molecule has 0 unspecified atom stereocenters. The van der Waals surface area contributed by atoms with Crippen molar-refractivity contribution in [1.29, 1.82) is 0 Å². The Labute approximate surface area is 87.3 Å². The van der Waals surface area contributed by atoms with Crippen molar-refractivity contribution in [2.45, 2.75) is 31.0 Å². The Bertz CT molecular complexity index is 202. The number of ketones is 1. The first-order valence-electron chi connectivity index (χ1n) is 3.90. The van der Waals surface area contributed by atoms with Crippen LogP contribution in [0.3, 0.4) is 0 Å². The van der Waals surface area contributed by atoms with Gasteiger partial charge < -0.3 is 4.74 Å². The molecular formula is C8H12Cl2O3. The van der Waals surface area contributed by atoms with Gasteiger partial charge in [-0.2, -0.15) is 0 Å². The summed E-state index contributed by atoms with van der Waals surface area (Å²) in [5.41, 5.74) is 0. The third-order valence-electron chi connectivity index (χ3n) is 1.22. The smallest absolute Gasteiger partial charge is 0.308 e. The molecule has 0 heterocycles.